The molecule has 0 aliphatic carbocycles. The van der Waals surface area contributed by atoms with Gasteiger partial charge in [0.25, 0.3) is 0 Å². The van der Waals surface area contributed by atoms with E-state index in [0.29, 0.717) is 0 Å². The number of carbonyl (C=O) groups excluding carboxylic acids is 1. The molecule has 2 rings (SSSR count). The molecule has 0 aromatic heterocycles. The van der Waals surface area contributed by atoms with Crippen molar-refractivity contribution >= 4 is 33.3 Å². The summed E-state index contributed by atoms with van der Waals surface area (Å²) < 4.78 is 50.9. The summed E-state index contributed by atoms with van der Waals surface area (Å²) in [6.45, 7) is 0. The minimum Gasteiger partial charge on any atom is -0.503 e. The van der Waals surface area contributed by atoms with Crippen LogP contribution in [0.5, 0.6) is 5.75 Å². The number of alkyl halides is 3. The number of anilines is 2. The molecule has 0 saturated carbocycles. The van der Waals surface area contributed by atoms with E-state index < -0.39 is 29.3 Å². The highest BCUT2D eigenvalue weighted by molar-refractivity contribution is 9.10. The van der Waals surface area contributed by atoms with Crippen molar-refractivity contribution in [2.75, 3.05) is 10.6 Å². The molecule has 23 heavy (non-hydrogen) atoms. The second kappa shape index (κ2) is 6.45. The lowest BCUT2D eigenvalue weighted by Gasteiger charge is -2.11. The van der Waals surface area contributed by atoms with Crippen molar-refractivity contribution in [3.63, 3.8) is 0 Å². The molecule has 122 valence electrons. The van der Waals surface area contributed by atoms with E-state index in [1.54, 1.807) is 0 Å². The molecule has 4 nitrogen and oxygen atoms in total. The molecule has 9 heteroatoms. The van der Waals surface area contributed by atoms with Crippen molar-refractivity contribution in [1.29, 1.82) is 0 Å². The Morgan fingerprint density at radius 3 is 2.26 bits per heavy atom. The van der Waals surface area contributed by atoms with Gasteiger partial charge in [0.05, 0.1) is 11.3 Å². The number of nitrogens with one attached hydrogen (secondary N) is 2. The van der Waals surface area contributed by atoms with Gasteiger partial charge in [0.2, 0.25) is 0 Å². The highest BCUT2D eigenvalue weighted by Gasteiger charge is 2.30. The molecule has 0 fully saturated rings. The number of aromatic hydroxyl groups is 1. The zero-order chi connectivity index (χ0) is 17.2. The van der Waals surface area contributed by atoms with Crippen molar-refractivity contribution in [2.24, 2.45) is 0 Å². The third kappa shape index (κ3) is 4.35. The normalized spacial score (nSPS) is 11.2. The fourth-order valence-electron chi connectivity index (χ4n) is 1.69. The molecular weight excluding hydrogens is 384 g/mol. The van der Waals surface area contributed by atoms with Gasteiger partial charge in [0, 0.05) is 10.2 Å². The van der Waals surface area contributed by atoms with Crippen LogP contribution in [-0.4, -0.2) is 11.1 Å². The third-order valence-corrected chi connectivity index (χ3v) is 3.20. The van der Waals surface area contributed by atoms with E-state index in [1.807, 2.05) is 0 Å². The van der Waals surface area contributed by atoms with E-state index in [4.69, 9.17) is 0 Å². The first-order valence-corrected chi connectivity index (χ1v) is 6.89. The van der Waals surface area contributed by atoms with Crippen LogP contribution >= 0.6 is 15.9 Å². The van der Waals surface area contributed by atoms with Crippen LogP contribution in [0, 0.1) is 5.82 Å². The Kier molecular flexibility index (Phi) is 4.79. The molecule has 0 spiro atoms. The van der Waals surface area contributed by atoms with Crippen LogP contribution in [0.4, 0.5) is 33.7 Å². The minimum atomic E-state index is -4.47. The van der Waals surface area contributed by atoms with E-state index in [0.717, 1.165) is 30.3 Å². The zero-order valence-corrected chi connectivity index (χ0v) is 12.8. The summed E-state index contributed by atoms with van der Waals surface area (Å²) in [7, 11) is 0. The summed E-state index contributed by atoms with van der Waals surface area (Å²) in [4.78, 5) is 11.7. The molecule has 0 radical (unpaired) electrons. The number of phenolic OH excluding ortho intramolecular Hbond substituents is 1. The highest BCUT2D eigenvalue weighted by Crippen LogP contribution is 2.31. The maximum atomic E-state index is 13.3. The molecule has 0 atom stereocenters. The van der Waals surface area contributed by atoms with Crippen LogP contribution in [0.1, 0.15) is 5.56 Å². The average Bonchev–Trinajstić information content (AvgIpc) is 2.43. The van der Waals surface area contributed by atoms with E-state index >= 15 is 0 Å². The second-order valence-electron chi connectivity index (χ2n) is 4.44. The maximum Gasteiger partial charge on any atom is 0.416 e. The van der Waals surface area contributed by atoms with Crippen LogP contribution in [0.15, 0.2) is 40.9 Å². The maximum absolute atomic E-state index is 13.3. The third-order valence-electron chi connectivity index (χ3n) is 2.75. The summed E-state index contributed by atoms with van der Waals surface area (Å²) in [5.41, 5.74) is -0.943. The van der Waals surface area contributed by atoms with Gasteiger partial charge in [-0.3, -0.25) is 0 Å². The van der Waals surface area contributed by atoms with Crippen molar-refractivity contribution in [2.45, 2.75) is 6.18 Å². The van der Waals surface area contributed by atoms with E-state index in [2.05, 4.69) is 26.6 Å². The quantitative estimate of drug-likeness (QED) is 0.499. The molecule has 0 bridgehead atoms. The van der Waals surface area contributed by atoms with Gasteiger partial charge in [-0.1, -0.05) is 15.9 Å². The highest BCUT2D eigenvalue weighted by atomic mass is 79.9. The topological polar surface area (TPSA) is 61.4 Å². The van der Waals surface area contributed by atoms with Crippen molar-refractivity contribution in [3.8, 4) is 5.75 Å². The number of hydrogen-bond donors (Lipinski definition) is 3. The summed E-state index contributed by atoms with van der Waals surface area (Å²) in [5, 5.41) is 14.0. The largest absolute Gasteiger partial charge is 0.503 e. The summed E-state index contributed by atoms with van der Waals surface area (Å²) in [6.07, 6.45) is -4.47. The SMILES string of the molecule is O=C(Nc1ccc(C(F)(F)F)cc1)Nc1cc(Br)cc(F)c1O. The van der Waals surface area contributed by atoms with Crippen LogP contribution in [0.2, 0.25) is 0 Å². The van der Waals surface area contributed by atoms with Crippen LogP contribution in [0.25, 0.3) is 0 Å². The molecular formula is C14H9BrF4N2O2. The van der Waals surface area contributed by atoms with E-state index in [1.165, 1.54) is 6.07 Å². The molecule has 2 amide bonds. The number of urea groups is 1. The van der Waals surface area contributed by atoms with Crippen molar-refractivity contribution in [3.05, 3.63) is 52.3 Å². The summed E-state index contributed by atoms with van der Waals surface area (Å²) in [6, 6.07) is 5.20. The molecule has 0 heterocycles. The molecule has 2 aromatic carbocycles. The molecule has 0 aliphatic rings. The van der Waals surface area contributed by atoms with Gasteiger partial charge >= 0.3 is 12.2 Å². The standard InChI is InChI=1S/C14H9BrF4N2O2/c15-8-5-10(16)12(22)11(6-8)21-13(23)20-9-3-1-7(2-4-9)14(17,18)19/h1-6,22H,(H2,20,21,23). The van der Waals surface area contributed by atoms with Gasteiger partial charge in [0.1, 0.15) is 0 Å². The van der Waals surface area contributed by atoms with Crippen LogP contribution in [-0.2, 0) is 6.18 Å². The Bertz CT molecular complexity index is 733. The Morgan fingerprint density at radius 1 is 1.09 bits per heavy atom. The molecule has 2 aromatic rings. The minimum absolute atomic E-state index is 0.102. The number of benzene rings is 2. The number of halogens is 5. The summed E-state index contributed by atoms with van der Waals surface area (Å²) >= 11 is 3.00. The second-order valence-corrected chi connectivity index (χ2v) is 5.35. The average molecular weight is 393 g/mol. The fourth-order valence-corrected chi connectivity index (χ4v) is 2.12. The van der Waals surface area contributed by atoms with Gasteiger partial charge in [-0.05, 0) is 36.4 Å². The number of amides is 2. The van der Waals surface area contributed by atoms with E-state index in [9.17, 15) is 27.5 Å². The van der Waals surface area contributed by atoms with Gasteiger partial charge in [-0.2, -0.15) is 13.2 Å². The molecule has 0 aliphatic heterocycles. The molecule has 0 saturated heterocycles. The predicted molar refractivity (Wildman–Crippen MR) is 79.9 cm³/mol. The summed E-state index contributed by atoms with van der Waals surface area (Å²) in [5.74, 6) is -1.69. The Morgan fingerprint density at radius 2 is 1.70 bits per heavy atom. The van der Waals surface area contributed by atoms with Gasteiger partial charge in [-0.15, -0.1) is 0 Å². The van der Waals surface area contributed by atoms with Gasteiger partial charge in [0.15, 0.2) is 11.6 Å². The lowest BCUT2D eigenvalue weighted by molar-refractivity contribution is -0.137. The van der Waals surface area contributed by atoms with Gasteiger partial charge in [-0.25, -0.2) is 9.18 Å². The number of rotatable bonds is 2. The predicted octanol–water partition coefficient (Wildman–Crippen LogP) is 4.96. The smallest absolute Gasteiger partial charge is 0.416 e. The lowest BCUT2D eigenvalue weighted by Crippen LogP contribution is -2.19. The first-order chi connectivity index (χ1) is 10.7. The number of hydrogen-bond acceptors (Lipinski definition) is 2. The van der Waals surface area contributed by atoms with Gasteiger partial charge < -0.3 is 15.7 Å². The monoisotopic (exact) mass is 392 g/mol. The Labute approximate surface area is 136 Å². The molecule has 0 unspecified atom stereocenters. The number of carbonyl (C=O) groups is 1. The van der Waals surface area contributed by atoms with Crippen molar-refractivity contribution in [1.82, 2.24) is 0 Å². The Balaban J connectivity index is 2.08. The lowest BCUT2D eigenvalue weighted by atomic mass is 10.2. The van der Waals surface area contributed by atoms with E-state index in [-0.39, 0.29) is 15.8 Å². The number of phenols is 1. The Hall–Kier alpha value is -2.29. The van der Waals surface area contributed by atoms with Crippen LogP contribution in [0.3, 0.4) is 0 Å². The zero-order valence-electron chi connectivity index (χ0n) is 11.2. The first-order valence-electron chi connectivity index (χ1n) is 6.10. The fraction of sp³-hybridized carbons (Fsp3) is 0.0714. The first kappa shape index (κ1) is 17.1. The van der Waals surface area contributed by atoms with Crippen molar-refractivity contribution < 1.29 is 27.5 Å². The molecule has 3 N–H and O–H groups in total. The van der Waals surface area contributed by atoms with Crippen LogP contribution < -0.4 is 10.6 Å².